The standard InChI is InChI=1S/C25H42O8Si3/c1-16-13-21(27)29-19-14-17(11-12-18(16)19)28-25-24(33-36(8,9)10)23(32-35(5,6)7)22(20(15-26)30-25)31-34(2,3)4/h11-14,20,22-26H,15H2,1-10H3/t20-,22+,23+,24-,25-/m1/s1. The van der Waals surface area contributed by atoms with Crippen LogP contribution in [0.25, 0.3) is 11.0 Å². The van der Waals surface area contributed by atoms with Crippen molar-refractivity contribution in [3.05, 3.63) is 40.2 Å². The van der Waals surface area contributed by atoms with Crippen molar-refractivity contribution in [2.24, 2.45) is 0 Å². The van der Waals surface area contributed by atoms with Crippen LogP contribution in [0.2, 0.25) is 58.9 Å². The van der Waals surface area contributed by atoms with E-state index < -0.39 is 61.3 Å². The summed E-state index contributed by atoms with van der Waals surface area (Å²) < 4.78 is 38.0. The van der Waals surface area contributed by atoms with Gasteiger partial charge in [0.25, 0.3) is 0 Å². The maximum Gasteiger partial charge on any atom is 0.336 e. The lowest BCUT2D eigenvalue weighted by Gasteiger charge is -2.50. The second-order valence-electron chi connectivity index (χ2n) is 12.3. The summed E-state index contributed by atoms with van der Waals surface area (Å²) in [6.45, 7) is 20.6. The molecule has 2 aromatic rings. The molecule has 5 atom stereocenters. The first-order chi connectivity index (χ1) is 16.5. The maximum atomic E-state index is 11.9. The molecule has 1 saturated heterocycles. The van der Waals surface area contributed by atoms with Gasteiger partial charge in [0.05, 0.1) is 6.61 Å². The highest BCUT2D eigenvalue weighted by Crippen LogP contribution is 2.35. The Labute approximate surface area is 217 Å². The lowest BCUT2D eigenvalue weighted by Crippen LogP contribution is -2.66. The van der Waals surface area contributed by atoms with Crippen molar-refractivity contribution in [3.8, 4) is 5.75 Å². The summed E-state index contributed by atoms with van der Waals surface area (Å²) in [7, 11) is -6.18. The predicted octanol–water partition coefficient (Wildman–Crippen LogP) is 4.86. The quantitative estimate of drug-likeness (QED) is 0.347. The molecule has 1 aromatic carbocycles. The van der Waals surface area contributed by atoms with E-state index in [0.29, 0.717) is 11.3 Å². The van der Waals surface area contributed by atoms with Crippen LogP contribution in [0.4, 0.5) is 0 Å². The number of rotatable bonds is 9. The van der Waals surface area contributed by atoms with E-state index in [1.807, 2.05) is 19.1 Å². The predicted molar refractivity (Wildman–Crippen MR) is 148 cm³/mol. The summed E-state index contributed by atoms with van der Waals surface area (Å²) in [6.07, 6.45) is -3.05. The molecular formula is C25H42O8Si3. The van der Waals surface area contributed by atoms with Crippen LogP contribution in [-0.4, -0.2) is 67.4 Å². The second kappa shape index (κ2) is 10.8. The van der Waals surface area contributed by atoms with Gasteiger partial charge in [-0.15, -0.1) is 0 Å². The van der Waals surface area contributed by atoms with Gasteiger partial charge in [-0.3, -0.25) is 0 Å². The van der Waals surface area contributed by atoms with Gasteiger partial charge in [0.15, 0.2) is 25.0 Å². The Morgan fingerprint density at radius 2 is 1.39 bits per heavy atom. The van der Waals surface area contributed by atoms with Crippen LogP contribution in [-0.2, 0) is 18.0 Å². The van der Waals surface area contributed by atoms with Gasteiger partial charge in [-0.05, 0) is 83.5 Å². The van der Waals surface area contributed by atoms with Gasteiger partial charge >= 0.3 is 5.63 Å². The summed E-state index contributed by atoms with van der Waals surface area (Å²) in [4.78, 5) is 11.9. The highest BCUT2D eigenvalue weighted by atomic mass is 28.4. The Morgan fingerprint density at radius 1 is 0.833 bits per heavy atom. The molecule has 8 nitrogen and oxygen atoms in total. The summed E-state index contributed by atoms with van der Waals surface area (Å²) in [5.41, 5.74) is 0.850. The first-order valence-corrected chi connectivity index (χ1v) is 22.7. The van der Waals surface area contributed by atoms with E-state index in [4.69, 9.17) is 27.2 Å². The Bertz CT molecular complexity index is 1100. The van der Waals surface area contributed by atoms with Crippen LogP contribution < -0.4 is 10.4 Å². The van der Waals surface area contributed by atoms with Crippen LogP contribution in [0.3, 0.4) is 0 Å². The summed E-state index contributed by atoms with van der Waals surface area (Å²) in [5.74, 6) is 0.471. The molecule has 1 N–H and O–H groups in total. The number of hydrogen-bond donors (Lipinski definition) is 1. The van der Waals surface area contributed by atoms with Crippen molar-refractivity contribution in [2.75, 3.05) is 6.61 Å². The van der Waals surface area contributed by atoms with Crippen LogP contribution in [0, 0.1) is 6.92 Å². The van der Waals surface area contributed by atoms with Crippen molar-refractivity contribution >= 4 is 35.9 Å². The number of hydrogen-bond acceptors (Lipinski definition) is 8. The summed E-state index contributed by atoms with van der Waals surface area (Å²) in [6, 6.07) is 6.83. The highest BCUT2D eigenvalue weighted by Gasteiger charge is 2.52. The average molecular weight is 555 g/mol. The third kappa shape index (κ3) is 7.84. The molecule has 1 aliphatic rings. The van der Waals surface area contributed by atoms with E-state index >= 15 is 0 Å². The molecule has 2 heterocycles. The third-order valence-corrected chi connectivity index (χ3v) is 8.35. The molecule has 0 amide bonds. The zero-order valence-electron chi connectivity index (χ0n) is 23.2. The van der Waals surface area contributed by atoms with Gasteiger partial charge in [-0.1, -0.05) is 0 Å². The fourth-order valence-electron chi connectivity index (χ4n) is 4.26. The monoisotopic (exact) mass is 554 g/mol. The van der Waals surface area contributed by atoms with Crippen molar-refractivity contribution in [3.63, 3.8) is 0 Å². The van der Waals surface area contributed by atoms with Gasteiger partial charge in [0.1, 0.15) is 35.7 Å². The minimum Gasteiger partial charge on any atom is -0.462 e. The fraction of sp³-hybridized carbons (Fsp3) is 0.640. The number of aryl methyl sites for hydroxylation is 1. The van der Waals surface area contributed by atoms with E-state index in [1.165, 1.54) is 6.07 Å². The number of fused-ring (bicyclic) bond motifs is 1. The Morgan fingerprint density at radius 3 is 1.94 bits per heavy atom. The Balaban J connectivity index is 2.05. The Hall–Kier alpha value is -1.32. The lowest BCUT2D eigenvalue weighted by atomic mass is 9.99. The summed E-state index contributed by atoms with van der Waals surface area (Å²) >= 11 is 0. The lowest BCUT2D eigenvalue weighted by molar-refractivity contribution is -0.266. The zero-order chi connectivity index (χ0) is 27.1. The molecule has 3 rings (SSSR count). The average Bonchev–Trinajstić information content (AvgIpc) is 2.69. The van der Waals surface area contributed by atoms with Gasteiger partial charge in [0, 0.05) is 17.5 Å². The SMILES string of the molecule is Cc1cc(=O)oc2cc(O[C@@H]3O[C@H](CO)[C@H](O[Si](C)(C)C)[C@H](O[Si](C)(C)C)[C@H]3O[Si](C)(C)C)ccc12. The number of aliphatic hydroxyl groups excluding tert-OH is 1. The van der Waals surface area contributed by atoms with Gasteiger partial charge < -0.3 is 32.3 Å². The smallest absolute Gasteiger partial charge is 0.336 e. The minimum absolute atomic E-state index is 0.244. The van der Waals surface area contributed by atoms with E-state index in [2.05, 4.69) is 58.9 Å². The molecule has 0 radical (unpaired) electrons. The van der Waals surface area contributed by atoms with Crippen LogP contribution in [0.1, 0.15) is 5.56 Å². The van der Waals surface area contributed by atoms with Crippen LogP contribution >= 0.6 is 0 Å². The minimum atomic E-state index is -2.09. The molecule has 0 aliphatic carbocycles. The maximum absolute atomic E-state index is 11.9. The number of benzene rings is 1. The zero-order valence-corrected chi connectivity index (χ0v) is 26.2. The van der Waals surface area contributed by atoms with Crippen molar-refractivity contribution < 1.29 is 32.3 Å². The summed E-state index contributed by atoms with van der Waals surface area (Å²) in [5, 5.41) is 11.1. The molecule has 0 saturated carbocycles. The van der Waals surface area contributed by atoms with E-state index in [-0.39, 0.29) is 6.61 Å². The van der Waals surface area contributed by atoms with E-state index in [1.54, 1.807) is 6.07 Å². The molecule has 202 valence electrons. The largest absolute Gasteiger partial charge is 0.462 e. The van der Waals surface area contributed by atoms with Crippen LogP contribution in [0.5, 0.6) is 5.75 Å². The Kier molecular flexibility index (Phi) is 8.78. The molecule has 0 bridgehead atoms. The molecule has 36 heavy (non-hydrogen) atoms. The number of ether oxygens (including phenoxy) is 2. The van der Waals surface area contributed by atoms with Crippen LogP contribution in [0.15, 0.2) is 33.5 Å². The molecule has 1 aliphatic heterocycles. The van der Waals surface area contributed by atoms with Crippen molar-refractivity contribution in [2.45, 2.75) is 96.6 Å². The highest BCUT2D eigenvalue weighted by molar-refractivity contribution is 6.70. The molecule has 1 aromatic heterocycles. The normalized spacial score (nSPS) is 25.8. The molecule has 1 fully saturated rings. The molecular weight excluding hydrogens is 513 g/mol. The van der Waals surface area contributed by atoms with Gasteiger partial charge in [-0.2, -0.15) is 0 Å². The third-order valence-electron chi connectivity index (χ3n) is 5.42. The first kappa shape index (κ1) is 29.2. The molecule has 0 unspecified atom stereocenters. The van der Waals surface area contributed by atoms with Gasteiger partial charge in [0.2, 0.25) is 6.29 Å². The molecule has 11 heteroatoms. The fourth-order valence-corrected chi connectivity index (χ4v) is 7.51. The first-order valence-electron chi connectivity index (χ1n) is 12.5. The van der Waals surface area contributed by atoms with Crippen molar-refractivity contribution in [1.29, 1.82) is 0 Å². The number of aliphatic hydroxyl groups is 1. The second-order valence-corrected chi connectivity index (χ2v) is 25.7. The van der Waals surface area contributed by atoms with Gasteiger partial charge in [-0.25, -0.2) is 4.79 Å². The van der Waals surface area contributed by atoms with E-state index in [0.717, 1.165) is 10.9 Å². The van der Waals surface area contributed by atoms with E-state index in [9.17, 15) is 9.90 Å². The molecule has 0 spiro atoms. The van der Waals surface area contributed by atoms with Crippen molar-refractivity contribution in [1.82, 2.24) is 0 Å². The topological polar surface area (TPSA) is 96.6 Å².